The lowest BCUT2D eigenvalue weighted by Gasteiger charge is -2.11. The molecule has 18 heavy (non-hydrogen) atoms. The van der Waals surface area contributed by atoms with Gasteiger partial charge in [-0.25, -0.2) is 0 Å². The number of rotatable bonds is 1. The summed E-state index contributed by atoms with van der Waals surface area (Å²) < 4.78 is 17.9. The van der Waals surface area contributed by atoms with Crippen LogP contribution in [-0.4, -0.2) is 21.8 Å². The molecule has 0 radical (unpaired) electrons. The van der Waals surface area contributed by atoms with Crippen LogP contribution in [0.25, 0.3) is 11.0 Å². The summed E-state index contributed by atoms with van der Waals surface area (Å²) in [5.41, 5.74) is 0.900. The molecule has 0 amide bonds. The molecule has 3 nitrogen and oxygen atoms in total. The average Bonchev–Trinajstić information content (AvgIpc) is 2.73. The van der Waals surface area contributed by atoms with Gasteiger partial charge in [0.25, 0.3) is 0 Å². The first-order valence-corrected chi connectivity index (χ1v) is 7.71. The van der Waals surface area contributed by atoms with Crippen molar-refractivity contribution in [2.75, 3.05) is 12.3 Å². The fourth-order valence-corrected chi connectivity index (χ4v) is 3.66. The van der Waals surface area contributed by atoms with Gasteiger partial charge in [0.1, 0.15) is 11.3 Å². The van der Waals surface area contributed by atoms with E-state index in [1.54, 1.807) is 0 Å². The molecule has 2 heterocycles. The van der Waals surface area contributed by atoms with Gasteiger partial charge < -0.3 is 9.73 Å². The van der Waals surface area contributed by atoms with Crippen molar-refractivity contribution < 1.29 is 8.63 Å². The lowest BCUT2D eigenvalue weighted by molar-refractivity contribution is 0.458. The minimum absolute atomic E-state index is 0.0724. The molecule has 0 saturated carbocycles. The molecule has 0 bridgehead atoms. The van der Waals surface area contributed by atoms with Gasteiger partial charge in [-0.15, -0.1) is 0 Å². The minimum atomic E-state index is -0.777. The molecule has 0 aliphatic carbocycles. The van der Waals surface area contributed by atoms with Crippen molar-refractivity contribution in [1.29, 1.82) is 0 Å². The van der Waals surface area contributed by atoms with Crippen LogP contribution in [-0.2, 0) is 10.8 Å². The molecule has 0 spiro atoms. The summed E-state index contributed by atoms with van der Waals surface area (Å²) in [7, 11) is -0.777. The molecule has 2 aromatic rings. The van der Waals surface area contributed by atoms with Crippen LogP contribution < -0.4 is 5.32 Å². The second kappa shape index (κ2) is 4.86. The summed E-state index contributed by atoms with van der Waals surface area (Å²) in [5.74, 6) is 1.54. The van der Waals surface area contributed by atoms with E-state index in [-0.39, 0.29) is 11.3 Å². The topological polar surface area (TPSA) is 42.2 Å². The summed E-state index contributed by atoms with van der Waals surface area (Å²) in [6, 6.07) is 10.1. The average molecular weight is 263 g/mol. The predicted molar refractivity (Wildman–Crippen MR) is 74.0 cm³/mol. The SMILES string of the molecule is CC1CCNC(c2cc3ccccc3o2)CS1=O. The Morgan fingerprint density at radius 1 is 1.39 bits per heavy atom. The molecule has 96 valence electrons. The van der Waals surface area contributed by atoms with Gasteiger partial charge >= 0.3 is 0 Å². The maximum Gasteiger partial charge on any atom is 0.134 e. The van der Waals surface area contributed by atoms with Crippen LogP contribution in [0.15, 0.2) is 34.7 Å². The third-order valence-electron chi connectivity index (χ3n) is 3.51. The number of hydrogen-bond acceptors (Lipinski definition) is 3. The normalized spacial score (nSPS) is 29.3. The van der Waals surface area contributed by atoms with Crippen molar-refractivity contribution in [3.63, 3.8) is 0 Å². The maximum absolute atomic E-state index is 12.0. The molecule has 3 rings (SSSR count). The number of para-hydroxylation sites is 1. The molecule has 1 N–H and O–H groups in total. The highest BCUT2D eigenvalue weighted by Gasteiger charge is 2.24. The second-order valence-corrected chi connectivity index (χ2v) is 6.74. The van der Waals surface area contributed by atoms with Crippen molar-refractivity contribution in [3.8, 4) is 0 Å². The van der Waals surface area contributed by atoms with E-state index in [1.807, 2.05) is 24.3 Å². The monoisotopic (exact) mass is 263 g/mol. The number of nitrogens with one attached hydrogen (secondary N) is 1. The Bertz CT molecular complexity index is 545. The van der Waals surface area contributed by atoms with Crippen LogP contribution in [0, 0.1) is 0 Å². The highest BCUT2D eigenvalue weighted by atomic mass is 32.2. The first kappa shape index (κ1) is 11.9. The second-order valence-electron chi connectivity index (χ2n) is 4.84. The number of benzene rings is 1. The summed E-state index contributed by atoms with van der Waals surface area (Å²) in [6.45, 7) is 2.95. The van der Waals surface area contributed by atoms with E-state index in [1.165, 1.54) is 0 Å². The Morgan fingerprint density at radius 3 is 3.06 bits per heavy atom. The van der Waals surface area contributed by atoms with Crippen LogP contribution in [0.2, 0.25) is 0 Å². The zero-order chi connectivity index (χ0) is 12.5. The van der Waals surface area contributed by atoms with Crippen molar-refractivity contribution in [3.05, 3.63) is 36.1 Å². The molecule has 1 aliphatic heterocycles. The Hall–Kier alpha value is -1.13. The number of furan rings is 1. The van der Waals surface area contributed by atoms with Gasteiger partial charge in [-0.2, -0.15) is 0 Å². The van der Waals surface area contributed by atoms with Gasteiger partial charge in [0, 0.05) is 27.2 Å². The Labute approximate surface area is 109 Å². The van der Waals surface area contributed by atoms with E-state index < -0.39 is 10.8 Å². The van der Waals surface area contributed by atoms with E-state index in [4.69, 9.17) is 4.42 Å². The largest absolute Gasteiger partial charge is 0.459 e. The van der Waals surface area contributed by atoms with Crippen LogP contribution in [0.5, 0.6) is 0 Å². The first-order valence-electron chi connectivity index (χ1n) is 6.33. The van der Waals surface area contributed by atoms with E-state index in [0.29, 0.717) is 5.75 Å². The highest BCUT2D eigenvalue weighted by Crippen LogP contribution is 2.26. The summed E-state index contributed by atoms with van der Waals surface area (Å²) >= 11 is 0. The van der Waals surface area contributed by atoms with Gasteiger partial charge in [-0.05, 0) is 25.1 Å². The van der Waals surface area contributed by atoms with Gasteiger partial charge in [0.2, 0.25) is 0 Å². The van der Waals surface area contributed by atoms with E-state index in [9.17, 15) is 4.21 Å². The highest BCUT2D eigenvalue weighted by molar-refractivity contribution is 7.85. The molecule has 1 aromatic heterocycles. The quantitative estimate of drug-likeness (QED) is 0.860. The molecule has 4 heteroatoms. The Kier molecular flexibility index (Phi) is 3.22. The number of hydrogen-bond donors (Lipinski definition) is 1. The maximum atomic E-state index is 12.0. The predicted octanol–water partition coefficient (Wildman–Crippen LogP) is 2.60. The molecular weight excluding hydrogens is 246 g/mol. The number of fused-ring (bicyclic) bond motifs is 1. The van der Waals surface area contributed by atoms with Crippen LogP contribution in [0.4, 0.5) is 0 Å². The molecule has 1 aliphatic rings. The van der Waals surface area contributed by atoms with E-state index in [2.05, 4.69) is 18.3 Å². The van der Waals surface area contributed by atoms with E-state index in [0.717, 1.165) is 29.7 Å². The molecule has 1 aromatic carbocycles. The lowest BCUT2D eigenvalue weighted by Crippen LogP contribution is -2.23. The van der Waals surface area contributed by atoms with Gasteiger partial charge in [-0.3, -0.25) is 4.21 Å². The van der Waals surface area contributed by atoms with Crippen molar-refractivity contribution >= 4 is 21.8 Å². The molecular formula is C14H17NO2S. The summed E-state index contributed by atoms with van der Waals surface area (Å²) in [6.07, 6.45) is 0.962. The fraction of sp³-hybridized carbons (Fsp3) is 0.429. The molecule has 1 saturated heterocycles. The standard InChI is InChI=1S/C14H17NO2S/c1-10-6-7-15-12(9-18(10)16)14-8-11-4-2-3-5-13(11)17-14/h2-5,8,10,12,15H,6-7,9H2,1H3. The molecule has 3 atom stereocenters. The Balaban J connectivity index is 1.91. The van der Waals surface area contributed by atoms with Gasteiger partial charge in [-0.1, -0.05) is 25.1 Å². The first-order chi connectivity index (χ1) is 8.74. The minimum Gasteiger partial charge on any atom is -0.459 e. The zero-order valence-corrected chi connectivity index (χ0v) is 11.2. The smallest absolute Gasteiger partial charge is 0.134 e. The van der Waals surface area contributed by atoms with Crippen molar-refractivity contribution in [1.82, 2.24) is 5.32 Å². The van der Waals surface area contributed by atoms with Crippen LogP contribution in [0.3, 0.4) is 0 Å². The summed E-state index contributed by atoms with van der Waals surface area (Å²) in [4.78, 5) is 0. The molecule has 3 unspecified atom stereocenters. The fourth-order valence-electron chi connectivity index (χ4n) is 2.34. The van der Waals surface area contributed by atoms with Crippen molar-refractivity contribution in [2.45, 2.75) is 24.6 Å². The molecule has 1 fully saturated rings. The zero-order valence-electron chi connectivity index (χ0n) is 10.4. The Morgan fingerprint density at radius 2 is 2.22 bits per heavy atom. The van der Waals surface area contributed by atoms with Crippen LogP contribution >= 0.6 is 0 Å². The van der Waals surface area contributed by atoms with Gasteiger partial charge in [0.05, 0.1) is 6.04 Å². The van der Waals surface area contributed by atoms with Gasteiger partial charge in [0.15, 0.2) is 0 Å². The van der Waals surface area contributed by atoms with E-state index >= 15 is 0 Å². The summed E-state index contributed by atoms with van der Waals surface area (Å²) in [5, 5.41) is 4.81. The van der Waals surface area contributed by atoms with Crippen molar-refractivity contribution in [2.24, 2.45) is 0 Å². The third-order valence-corrected chi connectivity index (χ3v) is 5.30. The van der Waals surface area contributed by atoms with Crippen LogP contribution in [0.1, 0.15) is 25.1 Å². The third kappa shape index (κ3) is 2.22. The lowest BCUT2D eigenvalue weighted by atomic mass is 10.2.